The Balaban J connectivity index is 0.000000715. The number of benzene rings is 2. The van der Waals surface area contributed by atoms with Gasteiger partial charge in [0.2, 0.25) is 0 Å². The summed E-state index contributed by atoms with van der Waals surface area (Å²) in [6.45, 7) is 54.5. The van der Waals surface area contributed by atoms with Gasteiger partial charge in [-0.1, -0.05) is 190 Å². The molecule has 3 aliphatic carbocycles. The smallest absolute Gasteiger partial charge is 0.399 e. The van der Waals surface area contributed by atoms with Gasteiger partial charge in [-0.25, -0.2) is 34.6 Å². The van der Waals surface area contributed by atoms with E-state index in [1.54, 1.807) is 71.1 Å². The zero-order valence-electron chi connectivity index (χ0n) is 76.3. The number of aromatic amines is 1. The average Bonchev–Trinajstić information content (AvgIpc) is 1.58. The maximum Gasteiger partial charge on any atom is 0.494 e. The quantitative estimate of drug-likeness (QED) is 0.0162. The summed E-state index contributed by atoms with van der Waals surface area (Å²) in [5.74, 6) is 0. The van der Waals surface area contributed by atoms with E-state index in [9.17, 15) is 64.1 Å². The van der Waals surface area contributed by atoms with E-state index in [0.717, 1.165) is 29.7 Å². The van der Waals surface area contributed by atoms with E-state index in [1.807, 2.05) is 64.1 Å². The number of aliphatic hydroxyl groups is 3. The summed E-state index contributed by atoms with van der Waals surface area (Å²) in [7, 11) is 5.29. The van der Waals surface area contributed by atoms with Crippen LogP contribution >= 0.6 is 31.8 Å². The molecule has 12 rings (SSSR count). The van der Waals surface area contributed by atoms with Crippen LogP contribution < -0.4 is 22.5 Å². The van der Waals surface area contributed by atoms with Gasteiger partial charge in [0.25, 0.3) is 0 Å². The minimum absolute atomic E-state index is 0. The SMILES string of the molecule is CC(C)(C)C(C)(C)C.CC(C)(C)C(C)(C)C.CC(C)(C)PC(C)(C)C.CC(C)(O)c1cccc(B2OC(C)(C)C(C)(C)O2)c1.Cn1c(=O)[nH]c2ccc(Cl)nc21.Cn1c(=O)n(CC2(C(F)(F)F)CC2)c2ccc(-c3cccc(C(C)(C)O)c3)nc21.Cn1c(=O)n(CC2(C(F)(F)F)CC2)c2ccc(Cl)nc21.O=COO.OCC1(C(F)(F)F)CC1.[Cs].[Cs].[Pd]. The summed E-state index contributed by atoms with van der Waals surface area (Å²) >= 11 is 11.4. The fourth-order valence-electron chi connectivity index (χ4n) is 10.9. The summed E-state index contributed by atoms with van der Waals surface area (Å²) in [6.07, 6.45) is -12.5. The van der Waals surface area contributed by atoms with E-state index >= 15 is 0 Å². The van der Waals surface area contributed by atoms with Gasteiger partial charge >= 0.3 is 49.2 Å². The molecule has 0 spiro atoms. The Morgan fingerprint density at radius 3 is 1.17 bits per heavy atom. The van der Waals surface area contributed by atoms with E-state index in [0.29, 0.717) is 81.9 Å². The number of nitrogens with zero attached hydrogens (tertiary/aromatic N) is 8. The van der Waals surface area contributed by atoms with Gasteiger partial charge in [-0.15, -0.1) is 8.58 Å². The number of alkyl halides is 9. The van der Waals surface area contributed by atoms with E-state index in [4.69, 9.17) is 47.7 Å². The molecule has 674 valence electrons. The van der Waals surface area contributed by atoms with Crippen LogP contribution in [0.4, 0.5) is 39.5 Å². The number of rotatable bonds is 10. The van der Waals surface area contributed by atoms with Crippen molar-refractivity contribution in [2.45, 2.75) is 283 Å². The third kappa shape index (κ3) is 32.9. The number of fused-ring (bicyclic) bond motifs is 3. The number of aliphatic hydroxyl groups excluding tert-OH is 1. The standard InChI is InChI=1S/C21H22F3N3O2.C15H23BO3.C12H11ClF3N3O.C8H19P.2C8H18.C7H6ClN3O.C5H7F3O.CH2O3.2Cs.Pd/c1-19(2,29)14-6-4-5-13(11-14)15-7-8-16-17(25-15)26(3)18(28)27(16)12-20(9-10-20)21(22,23)24;1-13(2,17)11-8-7-9-12(10-11)16-18-14(3,4)15(5,6)19-16;1-18-9-7(2-3-8(13)17-9)19(10(18)20)6-11(4-5-11)12(14,15)16;1-7(2,3)9-8(4,5)6;2*1-7(2,3)8(4,5)6;1-11-6-4(9-7(11)12)2-3-5(8)10-6;6-5(7,8)4(3-9)1-2-4;2-1-4-3;;;/h4-8,11,29H,9-10,12H2,1-3H3;7-10,17H,1-6H3;2-3H,4-6H2,1H3;9H,1-6H3;2*1-6H3;2-3H,1H3,(H,9,12);9H,1-3H2;1,3H;;;. The van der Waals surface area contributed by atoms with E-state index in [1.165, 1.54) is 44.5 Å². The fourth-order valence-corrected chi connectivity index (χ4v) is 13.5. The molecule has 5 N–H and O–H groups in total. The largest absolute Gasteiger partial charge is 0.494 e. The molecule has 3 saturated carbocycles. The number of aryl methyl sites for hydroxylation is 3. The molecule has 2 aromatic carbocycles. The van der Waals surface area contributed by atoms with Gasteiger partial charge in [-0.2, -0.15) is 39.5 Å². The Morgan fingerprint density at radius 2 is 0.851 bits per heavy atom. The second kappa shape index (κ2) is 43.9. The predicted molar refractivity (Wildman–Crippen MR) is 467 cm³/mol. The zero-order chi connectivity index (χ0) is 91.3. The van der Waals surface area contributed by atoms with Crippen LogP contribution in [0.3, 0.4) is 0 Å². The summed E-state index contributed by atoms with van der Waals surface area (Å²) in [4.78, 5) is 62.6. The van der Waals surface area contributed by atoms with E-state index in [-0.39, 0.29) is 245 Å². The molecule has 8 aromatic rings. The Labute approximate surface area is 850 Å². The van der Waals surface area contributed by atoms with Gasteiger partial charge in [0.05, 0.1) is 67.5 Å². The molecule has 0 unspecified atom stereocenters. The monoisotopic (exact) mass is 2100 g/mol. The molecule has 1 aliphatic heterocycles. The van der Waals surface area contributed by atoms with Crippen molar-refractivity contribution in [2.75, 3.05) is 6.61 Å². The van der Waals surface area contributed by atoms with Crippen LogP contribution in [0.1, 0.15) is 230 Å². The van der Waals surface area contributed by atoms with Gasteiger partial charge in [-0.3, -0.25) is 27.6 Å². The third-order valence-electron chi connectivity index (χ3n) is 22.5. The Hall–Kier alpha value is -1.86. The Kier molecular flexibility index (Phi) is 42.5. The van der Waals surface area contributed by atoms with Crippen molar-refractivity contribution in [3.05, 3.63) is 138 Å². The molecule has 20 nitrogen and oxygen atoms in total. The van der Waals surface area contributed by atoms with Crippen molar-refractivity contribution in [1.82, 2.24) is 42.8 Å². The van der Waals surface area contributed by atoms with Gasteiger partial charge in [0.15, 0.2) is 16.9 Å². The van der Waals surface area contributed by atoms with Crippen molar-refractivity contribution < 1.29 is 99.5 Å². The number of aromatic nitrogens is 9. The van der Waals surface area contributed by atoms with Gasteiger partial charge in [0, 0.05) is 198 Å². The molecule has 1 saturated heterocycles. The molecule has 0 bridgehead atoms. The first-order valence-corrected chi connectivity index (χ1v) is 40.6. The second-order valence-electron chi connectivity index (χ2n) is 39.1. The Bertz CT molecular complexity index is 4810. The van der Waals surface area contributed by atoms with Crippen LogP contribution in [0.2, 0.25) is 10.3 Å². The van der Waals surface area contributed by atoms with Crippen LogP contribution in [0.5, 0.6) is 0 Å². The molecular formula is C85H126BCl2Cs2F9N9O11PPd. The molecule has 7 heterocycles. The predicted octanol–water partition coefficient (Wildman–Crippen LogP) is 19.4. The number of hydrogen-bond donors (Lipinski definition) is 5. The molecule has 4 aliphatic rings. The molecular weight excluding hydrogens is 1980 g/mol. The maximum absolute atomic E-state index is 13.4. The number of carbonyl (C=O) groups excluding carboxylic acids is 1. The number of H-pyrrole nitrogens is 1. The van der Waals surface area contributed by atoms with Gasteiger partial charge < -0.3 is 34.5 Å². The normalized spacial score (nSPS) is 16.2. The van der Waals surface area contributed by atoms with Gasteiger partial charge in [0.1, 0.15) is 10.3 Å². The first kappa shape index (κ1) is 117. The Morgan fingerprint density at radius 1 is 0.512 bits per heavy atom. The number of pyridine rings is 3. The maximum atomic E-state index is 13.4. The van der Waals surface area contributed by atoms with E-state index < -0.39 is 64.0 Å². The van der Waals surface area contributed by atoms with Crippen molar-refractivity contribution in [2.24, 2.45) is 59.0 Å². The summed E-state index contributed by atoms with van der Waals surface area (Å²) in [5.41, 5.74) is -0.821. The number of nitrogens with one attached hydrogen (secondary N) is 1. The molecule has 121 heavy (non-hydrogen) atoms. The van der Waals surface area contributed by atoms with Gasteiger partial charge in [-0.05, 0) is 185 Å². The fraction of sp³-hybridized carbons (Fsp3) is 0.635. The summed E-state index contributed by atoms with van der Waals surface area (Å²) in [6, 6.07) is 24.7. The molecule has 2 radical (unpaired) electrons. The minimum Gasteiger partial charge on any atom is -0.399 e. The summed E-state index contributed by atoms with van der Waals surface area (Å²) < 4.78 is 133. The van der Waals surface area contributed by atoms with Crippen molar-refractivity contribution in [1.29, 1.82) is 0 Å². The second-order valence-corrected chi connectivity index (χ2v) is 43.1. The zero-order valence-corrected chi connectivity index (χ0v) is 92.9. The number of halogens is 11. The van der Waals surface area contributed by atoms with Crippen LogP contribution in [0.25, 0.3) is 44.7 Å². The van der Waals surface area contributed by atoms with Crippen molar-refractivity contribution in [3.8, 4) is 11.3 Å². The minimum atomic E-state index is -4.33. The first-order valence-electron chi connectivity index (χ1n) is 38.9. The van der Waals surface area contributed by atoms with Crippen LogP contribution in [-0.2, 0) is 84.8 Å². The number of imidazole rings is 3. The molecule has 0 amide bonds. The third-order valence-corrected chi connectivity index (χ3v) is 24.4. The molecule has 0 atom stereocenters. The van der Waals surface area contributed by atoms with Crippen LogP contribution in [0, 0.1) is 37.9 Å². The van der Waals surface area contributed by atoms with Crippen molar-refractivity contribution >= 4 is 222 Å². The molecule has 36 heteroatoms. The topological polar surface area (TPSA) is 256 Å². The molecule has 6 aromatic heterocycles. The van der Waals surface area contributed by atoms with Crippen LogP contribution in [0.15, 0.2) is 99.3 Å². The average molecular weight is 2110 g/mol. The van der Waals surface area contributed by atoms with E-state index in [2.05, 4.69) is 149 Å². The van der Waals surface area contributed by atoms with Crippen molar-refractivity contribution in [3.63, 3.8) is 0 Å². The number of carbonyl (C=O) groups is 1. The first-order chi connectivity index (χ1) is 53.0. The van der Waals surface area contributed by atoms with Crippen LogP contribution in [-0.4, -0.2) is 261 Å². The molecule has 4 fully saturated rings. The summed E-state index contributed by atoms with van der Waals surface area (Å²) in [5, 5.41) is 37.2. The number of hydrogen-bond acceptors (Lipinski definition) is 14.